The number of rotatable bonds is 5. The van der Waals surface area contributed by atoms with Gasteiger partial charge in [-0.15, -0.1) is 0 Å². The van der Waals surface area contributed by atoms with E-state index in [0.29, 0.717) is 3.92 Å². The quantitative estimate of drug-likeness (QED) is 0.444. The van der Waals surface area contributed by atoms with E-state index in [1.165, 1.54) is 12.8 Å². The second-order valence-corrected chi connectivity index (χ2v) is 4.23. The normalized spacial score (nSPS) is 16.8. The van der Waals surface area contributed by atoms with Crippen LogP contribution in [0, 0.1) is 0 Å². The molecule has 0 aromatic rings. The highest BCUT2D eigenvalue weighted by atomic mass is 127. The van der Waals surface area contributed by atoms with Crippen molar-refractivity contribution in [2.24, 2.45) is 0 Å². The van der Waals surface area contributed by atoms with Crippen LogP contribution >= 0.6 is 22.6 Å². The third kappa shape index (κ3) is 6.77. The predicted octanol–water partition coefficient (Wildman–Crippen LogP) is 1.52. The summed E-state index contributed by atoms with van der Waals surface area (Å²) in [5.41, 5.74) is 0. The largest absolute Gasteiger partial charge is 0.379 e. The first-order valence-electron chi connectivity index (χ1n) is 3.72. The fourth-order valence-electron chi connectivity index (χ4n) is 0.714. The molecule has 0 bridgehead atoms. The van der Waals surface area contributed by atoms with Gasteiger partial charge in [0.15, 0.2) is 0 Å². The van der Waals surface area contributed by atoms with Crippen LogP contribution in [-0.4, -0.2) is 21.8 Å². The summed E-state index contributed by atoms with van der Waals surface area (Å²) in [7, 11) is 0. The maximum atomic E-state index is 8.86. The van der Waals surface area contributed by atoms with Gasteiger partial charge in [-0.3, -0.25) is 5.32 Å². The highest BCUT2D eigenvalue weighted by Gasteiger charge is 2.02. The molecule has 0 saturated heterocycles. The maximum absolute atomic E-state index is 8.86. The van der Waals surface area contributed by atoms with E-state index in [1.807, 2.05) is 0 Å². The van der Waals surface area contributed by atoms with Crippen LogP contribution in [0.1, 0.15) is 26.7 Å². The van der Waals surface area contributed by atoms with Crippen molar-refractivity contribution in [2.45, 2.75) is 36.8 Å². The zero-order valence-corrected chi connectivity index (χ0v) is 8.76. The third-order valence-electron chi connectivity index (χ3n) is 1.24. The Kier molecular flexibility index (Phi) is 6.78. The summed E-state index contributed by atoms with van der Waals surface area (Å²) in [6.07, 6.45) is 2.07. The van der Waals surface area contributed by atoms with Gasteiger partial charge in [-0.25, -0.2) is 0 Å². The number of aliphatic hydroxyl groups is 1. The van der Waals surface area contributed by atoms with Crippen LogP contribution in [-0.2, 0) is 0 Å². The Bertz CT molecular complexity index is 78.0. The Hall–Kier alpha value is 0.650. The van der Waals surface area contributed by atoms with Crippen molar-refractivity contribution in [3.8, 4) is 0 Å². The number of nitrogens with one attached hydrogen (secondary N) is 1. The van der Waals surface area contributed by atoms with Gasteiger partial charge >= 0.3 is 0 Å². The summed E-state index contributed by atoms with van der Waals surface area (Å²) < 4.78 is 0.650. The van der Waals surface area contributed by atoms with E-state index in [-0.39, 0.29) is 6.23 Å². The lowest BCUT2D eigenvalue weighted by Gasteiger charge is -2.11. The fourth-order valence-corrected chi connectivity index (χ4v) is 1.59. The summed E-state index contributed by atoms with van der Waals surface area (Å²) >= 11 is 2.40. The molecule has 0 fully saturated rings. The van der Waals surface area contributed by atoms with E-state index in [1.54, 1.807) is 6.92 Å². The van der Waals surface area contributed by atoms with E-state index in [0.717, 1.165) is 6.54 Å². The summed E-state index contributed by atoms with van der Waals surface area (Å²) in [5.74, 6) is 0. The van der Waals surface area contributed by atoms with Gasteiger partial charge in [0.05, 0.1) is 0 Å². The molecule has 2 nitrogen and oxygen atoms in total. The Morgan fingerprint density at radius 3 is 2.60 bits per heavy atom. The molecule has 2 unspecified atom stereocenters. The van der Waals surface area contributed by atoms with Gasteiger partial charge in [0.25, 0.3) is 0 Å². The van der Waals surface area contributed by atoms with Crippen molar-refractivity contribution >= 4 is 22.6 Å². The molecule has 0 heterocycles. The van der Waals surface area contributed by atoms with Crippen molar-refractivity contribution in [2.75, 3.05) is 6.54 Å². The molecule has 2 N–H and O–H groups in total. The molecule has 0 rings (SSSR count). The van der Waals surface area contributed by atoms with Gasteiger partial charge < -0.3 is 5.11 Å². The standard InChI is InChI=1S/C7H16INO/c1-3-4-7(8)5-9-6(2)10/h6-7,9-10H,3-5H2,1-2H3. The molecule has 3 heteroatoms. The second kappa shape index (κ2) is 6.37. The van der Waals surface area contributed by atoms with Gasteiger partial charge in [0, 0.05) is 10.5 Å². The van der Waals surface area contributed by atoms with Crippen LogP contribution in [0.25, 0.3) is 0 Å². The van der Waals surface area contributed by atoms with Crippen LogP contribution in [0.2, 0.25) is 0 Å². The minimum Gasteiger partial charge on any atom is -0.379 e. The molecule has 0 aromatic heterocycles. The minimum absolute atomic E-state index is 0.367. The molecule has 0 radical (unpaired) electrons. The zero-order chi connectivity index (χ0) is 7.98. The summed E-state index contributed by atoms with van der Waals surface area (Å²) in [6.45, 7) is 4.83. The van der Waals surface area contributed by atoms with Crippen LogP contribution in [0.5, 0.6) is 0 Å². The molecule has 0 aliphatic carbocycles. The Labute approximate surface area is 76.5 Å². The molecule has 62 valence electrons. The van der Waals surface area contributed by atoms with Crippen molar-refractivity contribution in [3.63, 3.8) is 0 Å². The van der Waals surface area contributed by atoms with E-state index in [9.17, 15) is 0 Å². The molecule has 0 amide bonds. The summed E-state index contributed by atoms with van der Waals surface area (Å²) in [4.78, 5) is 0. The van der Waals surface area contributed by atoms with Crippen LogP contribution < -0.4 is 5.32 Å². The first-order chi connectivity index (χ1) is 4.66. The summed E-state index contributed by atoms with van der Waals surface area (Å²) in [6, 6.07) is 0. The van der Waals surface area contributed by atoms with Crippen molar-refractivity contribution in [1.29, 1.82) is 0 Å². The summed E-state index contributed by atoms with van der Waals surface area (Å²) in [5, 5.41) is 11.8. The van der Waals surface area contributed by atoms with E-state index in [4.69, 9.17) is 5.11 Å². The highest BCUT2D eigenvalue weighted by Crippen LogP contribution is 2.06. The molecule has 0 aliphatic heterocycles. The lowest BCUT2D eigenvalue weighted by molar-refractivity contribution is 0.157. The molecule has 0 spiro atoms. The van der Waals surface area contributed by atoms with E-state index < -0.39 is 0 Å². The smallest absolute Gasteiger partial charge is 0.102 e. The molecular weight excluding hydrogens is 241 g/mol. The maximum Gasteiger partial charge on any atom is 0.102 e. The molecular formula is C7H16INO. The number of hydrogen-bond donors (Lipinski definition) is 2. The van der Waals surface area contributed by atoms with Crippen LogP contribution in [0.4, 0.5) is 0 Å². The number of alkyl halides is 1. The highest BCUT2D eigenvalue weighted by molar-refractivity contribution is 14.1. The van der Waals surface area contributed by atoms with Gasteiger partial charge in [-0.05, 0) is 13.3 Å². The van der Waals surface area contributed by atoms with Crippen LogP contribution in [0.15, 0.2) is 0 Å². The van der Waals surface area contributed by atoms with Crippen molar-refractivity contribution < 1.29 is 5.11 Å². The average molecular weight is 257 g/mol. The first-order valence-corrected chi connectivity index (χ1v) is 4.97. The van der Waals surface area contributed by atoms with Gasteiger partial charge in [0.2, 0.25) is 0 Å². The molecule has 2 atom stereocenters. The molecule has 0 aliphatic rings. The number of aliphatic hydroxyl groups excluding tert-OH is 1. The Balaban J connectivity index is 3.12. The van der Waals surface area contributed by atoms with Gasteiger partial charge in [-0.2, -0.15) is 0 Å². The average Bonchev–Trinajstić information content (AvgIpc) is 1.85. The predicted molar refractivity (Wildman–Crippen MR) is 52.4 cm³/mol. The molecule has 10 heavy (non-hydrogen) atoms. The number of hydrogen-bond acceptors (Lipinski definition) is 2. The van der Waals surface area contributed by atoms with E-state index >= 15 is 0 Å². The lowest BCUT2D eigenvalue weighted by atomic mass is 10.2. The van der Waals surface area contributed by atoms with Crippen LogP contribution in [0.3, 0.4) is 0 Å². The van der Waals surface area contributed by atoms with Gasteiger partial charge in [0.1, 0.15) is 6.23 Å². The monoisotopic (exact) mass is 257 g/mol. The SMILES string of the molecule is CCCC(I)CNC(C)O. The number of halogens is 1. The lowest BCUT2D eigenvalue weighted by Crippen LogP contribution is -2.30. The Morgan fingerprint density at radius 1 is 1.60 bits per heavy atom. The third-order valence-corrected chi connectivity index (χ3v) is 2.30. The topological polar surface area (TPSA) is 32.3 Å². The first kappa shape index (κ1) is 10.7. The Morgan fingerprint density at radius 2 is 2.20 bits per heavy atom. The molecule has 0 saturated carbocycles. The fraction of sp³-hybridized carbons (Fsp3) is 1.00. The van der Waals surface area contributed by atoms with E-state index in [2.05, 4.69) is 34.8 Å². The van der Waals surface area contributed by atoms with Crippen molar-refractivity contribution in [3.05, 3.63) is 0 Å². The minimum atomic E-state index is -0.367. The van der Waals surface area contributed by atoms with Crippen molar-refractivity contribution in [1.82, 2.24) is 5.32 Å². The zero-order valence-electron chi connectivity index (χ0n) is 6.60. The van der Waals surface area contributed by atoms with Gasteiger partial charge in [-0.1, -0.05) is 35.9 Å². The second-order valence-electron chi connectivity index (χ2n) is 2.47. The molecule has 0 aromatic carbocycles.